The molecule has 0 bridgehead atoms. The summed E-state index contributed by atoms with van der Waals surface area (Å²) in [5.74, 6) is -5.11. The number of hydrogen-bond donors (Lipinski definition) is 2. The number of anilines is 1. The number of benzene rings is 2. The average molecular weight is 1070 g/mol. The second-order valence-electron chi connectivity index (χ2n) is 17.8. The molecule has 5 aromatic rings. The molecule has 0 fully saturated rings. The number of carboxylic acid groups (broad SMARTS) is 1. The zero-order valence-electron chi connectivity index (χ0n) is 38.6. The Balaban J connectivity index is 1.48. The minimum absolute atomic E-state index is 0.0230. The zero-order valence-corrected chi connectivity index (χ0v) is 40.2. The number of alkyl halides is 8. The maximum Gasteiger partial charge on any atom is 0.435 e. The molecule has 3 aromatic heterocycles. The Hall–Kier alpha value is -7.00. The predicted octanol–water partition coefficient (Wildman–Crippen LogP) is 7.11. The molecule has 0 saturated carbocycles. The molecule has 388 valence electrons. The summed E-state index contributed by atoms with van der Waals surface area (Å²) in [4.78, 5) is 43.6. The lowest BCUT2D eigenvalue weighted by atomic mass is 9.84. The van der Waals surface area contributed by atoms with Crippen molar-refractivity contribution in [3.8, 4) is 34.8 Å². The summed E-state index contributed by atoms with van der Waals surface area (Å²) >= 11 is 0. The molecule has 2 aliphatic rings. The van der Waals surface area contributed by atoms with Crippen molar-refractivity contribution in [3.05, 3.63) is 93.6 Å². The normalized spacial score (nSPS) is 16.6. The molecule has 3 heterocycles. The molecule has 0 unspecified atom stereocenters. The highest BCUT2D eigenvalue weighted by atomic mass is 32.2. The van der Waals surface area contributed by atoms with Gasteiger partial charge in [0.15, 0.2) is 21.3 Å². The number of nitrogens with zero attached hydrogens (tertiary/aromatic N) is 6. The summed E-state index contributed by atoms with van der Waals surface area (Å²) in [7, 11) is -8.68. The summed E-state index contributed by atoms with van der Waals surface area (Å²) in [6.07, 6.45) is -11.4. The monoisotopic (exact) mass is 1070 g/mol. The molecule has 7 rings (SSSR count). The lowest BCUT2D eigenvalue weighted by molar-refractivity contribution is -0.143. The number of hydrogen-bond acceptors (Lipinski definition) is 10. The van der Waals surface area contributed by atoms with Crippen LogP contribution in [0.5, 0.6) is 0 Å². The van der Waals surface area contributed by atoms with Gasteiger partial charge >= 0.3 is 24.2 Å². The third-order valence-corrected chi connectivity index (χ3v) is 14.9. The Labute approximate surface area is 408 Å². The summed E-state index contributed by atoms with van der Waals surface area (Å²) in [6.45, 7) is 0.485. The fraction of sp³-hybridized carbons (Fsp3) is 0.391. The van der Waals surface area contributed by atoms with E-state index in [0.29, 0.717) is 17.0 Å². The van der Waals surface area contributed by atoms with Crippen molar-refractivity contribution in [3.63, 3.8) is 0 Å². The van der Waals surface area contributed by atoms with Crippen molar-refractivity contribution in [1.29, 1.82) is 0 Å². The van der Waals surface area contributed by atoms with Gasteiger partial charge in [0.05, 0.1) is 29.4 Å². The van der Waals surface area contributed by atoms with Gasteiger partial charge in [0.25, 0.3) is 0 Å². The number of pyridine rings is 1. The van der Waals surface area contributed by atoms with E-state index in [2.05, 4.69) is 44.2 Å². The molecule has 73 heavy (non-hydrogen) atoms. The quantitative estimate of drug-likeness (QED) is 0.0799. The van der Waals surface area contributed by atoms with Crippen molar-refractivity contribution in [2.24, 2.45) is 5.92 Å². The highest BCUT2D eigenvalue weighted by molar-refractivity contribution is 7.93. The lowest BCUT2D eigenvalue weighted by Crippen LogP contribution is -2.36. The number of sulfone groups is 1. The minimum Gasteiger partial charge on any atom is -0.481 e. The Kier molecular flexibility index (Phi) is 13.9. The third kappa shape index (κ3) is 10.9. The van der Waals surface area contributed by atoms with Gasteiger partial charge in [-0.2, -0.15) is 49.6 Å². The van der Waals surface area contributed by atoms with Gasteiger partial charge in [-0.3, -0.25) is 23.7 Å². The van der Waals surface area contributed by atoms with Crippen LogP contribution in [0.15, 0.2) is 42.5 Å². The molecule has 2 amide bonds. The van der Waals surface area contributed by atoms with E-state index >= 15 is 8.78 Å². The number of sulfonamides is 1. The number of aliphatic carboxylic acids is 1. The van der Waals surface area contributed by atoms with E-state index in [9.17, 15) is 66.3 Å². The summed E-state index contributed by atoms with van der Waals surface area (Å²) in [5, 5.41) is 18.5. The van der Waals surface area contributed by atoms with E-state index in [1.54, 1.807) is 0 Å². The van der Waals surface area contributed by atoms with Crippen molar-refractivity contribution in [2.75, 3.05) is 16.8 Å². The van der Waals surface area contributed by atoms with Crippen molar-refractivity contribution < 1.29 is 80.2 Å². The average Bonchev–Trinajstić information content (AvgIpc) is 3.81. The summed E-state index contributed by atoms with van der Waals surface area (Å²) < 4.78 is 198. The van der Waals surface area contributed by atoms with Gasteiger partial charge in [-0.15, -0.1) is 0 Å². The number of amides is 2. The molecule has 15 nitrogen and oxygen atoms in total. The van der Waals surface area contributed by atoms with Gasteiger partial charge in [0.2, 0.25) is 21.8 Å². The molecular weight excluding hydrogens is 1030 g/mol. The van der Waals surface area contributed by atoms with Crippen LogP contribution in [0.2, 0.25) is 0 Å². The number of carbonyl (C=O) groups is 3. The molecule has 2 aromatic carbocycles. The van der Waals surface area contributed by atoms with Crippen LogP contribution in [0.25, 0.3) is 22.0 Å². The second kappa shape index (κ2) is 18.8. The van der Waals surface area contributed by atoms with Crippen LogP contribution in [0, 0.1) is 48.2 Å². The number of rotatable bonds is 15. The van der Waals surface area contributed by atoms with Crippen molar-refractivity contribution >= 4 is 54.4 Å². The van der Waals surface area contributed by atoms with Gasteiger partial charge in [0, 0.05) is 47.2 Å². The Morgan fingerprint density at radius 2 is 1.56 bits per heavy atom. The smallest absolute Gasteiger partial charge is 0.435 e. The van der Waals surface area contributed by atoms with E-state index in [-0.39, 0.29) is 42.3 Å². The first-order valence-electron chi connectivity index (χ1n) is 21.5. The fourth-order valence-corrected chi connectivity index (χ4v) is 9.48. The van der Waals surface area contributed by atoms with Crippen LogP contribution >= 0.6 is 0 Å². The van der Waals surface area contributed by atoms with Crippen molar-refractivity contribution in [1.82, 2.24) is 29.9 Å². The van der Waals surface area contributed by atoms with Crippen LogP contribution < -0.4 is 9.62 Å². The predicted molar refractivity (Wildman–Crippen MR) is 239 cm³/mol. The zero-order chi connectivity index (χ0) is 54.1. The first-order valence-corrected chi connectivity index (χ1v) is 25.2. The van der Waals surface area contributed by atoms with Crippen LogP contribution in [-0.4, -0.2) is 87.7 Å². The molecule has 2 N–H and O–H groups in total. The van der Waals surface area contributed by atoms with Crippen LogP contribution in [0.4, 0.5) is 49.7 Å². The van der Waals surface area contributed by atoms with Crippen LogP contribution in [0.3, 0.4) is 0 Å². The molecule has 0 aliphatic heterocycles. The first-order chi connectivity index (χ1) is 33.6. The van der Waals surface area contributed by atoms with E-state index in [0.717, 1.165) is 30.5 Å². The molecule has 2 aliphatic carbocycles. The number of fused-ring (bicyclic) bond motifs is 4. The number of halogens is 10. The van der Waals surface area contributed by atoms with E-state index in [4.69, 9.17) is 5.11 Å². The third-order valence-electron chi connectivity index (χ3n) is 11.9. The number of nitrogens with one attached hydrogen (secondary N) is 1. The Morgan fingerprint density at radius 1 is 0.918 bits per heavy atom. The van der Waals surface area contributed by atoms with E-state index in [1.807, 2.05) is 0 Å². The first kappa shape index (κ1) is 53.8. The standard InChI is InChI=1S/C46H39F10N7O8S2/c1-23-9-11-29(39-36(23)42(60-62(39)22-44(49,50)51)63(73(5,70)71)34(65)7-6-8-35(66)67)28-12-10-27(15-16-43(2,3)72(4,68)69)57-38(28)32(19-24-17-25(47)20-26(48)18-24)58-33(64)21-61-41-37(40(59-61)46(54,55)56)30-13-14-31(30)45(41,52)53/h9-12,17-18,20,30-32H,6-8,19,21-22H2,1-5H3,(H,58,64)(H,66,67)/t30-,31+,32-/m0/s1. The molecular formula is C46H39F10N7O8S2. The number of carbonyl (C=O) groups excluding carboxylic acids is 2. The lowest BCUT2D eigenvalue weighted by Gasteiger charge is -2.24. The summed E-state index contributed by atoms with van der Waals surface area (Å²) in [5.41, 5.74) is -6.07. The van der Waals surface area contributed by atoms with Gasteiger partial charge in [-0.05, 0) is 74.9 Å². The Bertz CT molecular complexity index is 3470. The van der Waals surface area contributed by atoms with Gasteiger partial charge < -0.3 is 10.4 Å². The highest BCUT2D eigenvalue weighted by Gasteiger charge is 2.62. The van der Waals surface area contributed by atoms with Crippen LogP contribution in [0.1, 0.15) is 84.5 Å². The van der Waals surface area contributed by atoms with Crippen molar-refractivity contribution in [2.45, 2.75) is 94.5 Å². The van der Waals surface area contributed by atoms with Gasteiger partial charge in [0.1, 0.15) is 46.8 Å². The van der Waals surface area contributed by atoms with Gasteiger partial charge in [-0.25, -0.2) is 30.6 Å². The number of aromatic nitrogens is 5. The highest BCUT2D eigenvalue weighted by Crippen LogP contribution is 2.58. The van der Waals surface area contributed by atoms with Crippen LogP contribution in [-0.2, 0) is 65.9 Å². The van der Waals surface area contributed by atoms with E-state index < -0.39 is 163 Å². The Morgan fingerprint density at radius 3 is 2.12 bits per heavy atom. The largest absolute Gasteiger partial charge is 0.481 e. The molecule has 3 atom stereocenters. The molecule has 0 radical (unpaired) electrons. The van der Waals surface area contributed by atoms with E-state index in [1.165, 1.54) is 32.9 Å². The summed E-state index contributed by atoms with van der Waals surface area (Å²) in [6, 6.07) is 5.07. The molecule has 0 saturated heterocycles. The van der Waals surface area contributed by atoms with Gasteiger partial charge in [-0.1, -0.05) is 29.9 Å². The molecule has 0 spiro atoms. The number of aryl methyl sites for hydroxylation is 1. The number of carboxylic acids is 1. The second-order valence-corrected chi connectivity index (χ2v) is 22.2. The fourth-order valence-electron chi connectivity index (χ4n) is 8.34. The molecule has 27 heteroatoms. The minimum atomic E-state index is -5.30. The SMILES string of the molecule is Cc1ccc(-c2ccc(C#CC(C)(C)S(C)(=O)=O)nc2[C@H](Cc2cc(F)cc(F)c2)NC(=O)Cn2nc(C(F)(F)F)c3c2C(F)(F)[C@@H]2C#C[C@H]32)c2c1c(N(C(=O)CCCC(=O)O)S(C)(=O)=O)nn2CC(F)(F)F. The maximum atomic E-state index is 15.7. The topological polar surface area (TPSA) is 204 Å². The maximum absolute atomic E-state index is 15.7.